The summed E-state index contributed by atoms with van der Waals surface area (Å²) in [6.45, 7) is 0. The van der Waals surface area contributed by atoms with Crippen molar-refractivity contribution in [1.82, 2.24) is 0 Å². The minimum atomic E-state index is -1.10. The highest BCUT2D eigenvalue weighted by Gasteiger charge is 2.44. The Bertz CT molecular complexity index is 1330. The number of rotatable bonds is 6. The highest BCUT2D eigenvalue weighted by molar-refractivity contribution is 6.07. The van der Waals surface area contributed by atoms with Crippen molar-refractivity contribution in [3.05, 3.63) is 82.1 Å². The minimum Gasteiger partial charge on any atom is -0.494 e. The third kappa shape index (κ3) is 4.20. The predicted molar refractivity (Wildman–Crippen MR) is 124 cm³/mol. The average molecular weight is 495 g/mol. The van der Waals surface area contributed by atoms with Crippen LogP contribution in [0.3, 0.4) is 0 Å². The van der Waals surface area contributed by atoms with E-state index in [1.807, 2.05) is 6.07 Å². The molecule has 0 bridgehead atoms. The van der Waals surface area contributed by atoms with E-state index in [0.29, 0.717) is 5.56 Å². The molecule has 0 amide bonds. The Kier molecular flexibility index (Phi) is 7.59. The Balaban J connectivity index is 2.50. The lowest BCUT2D eigenvalue weighted by Gasteiger charge is -2.36. The number of nitrogens with zero attached hydrogens (tertiary/aromatic N) is 2. The highest BCUT2D eigenvalue weighted by atomic mass is 19.1. The van der Waals surface area contributed by atoms with Gasteiger partial charge < -0.3 is 24.7 Å². The van der Waals surface area contributed by atoms with Crippen molar-refractivity contribution in [2.24, 2.45) is 5.73 Å². The number of anilines is 1. The third-order valence-electron chi connectivity index (χ3n) is 5.53. The van der Waals surface area contributed by atoms with Crippen LogP contribution >= 0.6 is 0 Å². The largest absolute Gasteiger partial charge is 0.494 e. The number of nitriles is 1. The van der Waals surface area contributed by atoms with Crippen LogP contribution in [0.2, 0.25) is 0 Å². The number of ether oxygens (including phenoxy) is 4. The summed E-state index contributed by atoms with van der Waals surface area (Å²) in [5.41, 5.74) is 5.41. The summed E-state index contributed by atoms with van der Waals surface area (Å²) < 4.78 is 34.5. The molecule has 2 aromatic rings. The summed E-state index contributed by atoms with van der Waals surface area (Å²) in [4.78, 5) is 39.6. The summed E-state index contributed by atoms with van der Waals surface area (Å²) in [6.07, 6.45) is 0. The second kappa shape index (κ2) is 10.6. The molecule has 1 aliphatic heterocycles. The number of hydrogen-bond acceptors (Lipinski definition) is 10. The molecule has 0 aliphatic carbocycles. The Morgan fingerprint density at radius 3 is 2.08 bits per heavy atom. The monoisotopic (exact) mass is 495 g/mol. The van der Waals surface area contributed by atoms with E-state index in [1.165, 1.54) is 6.07 Å². The van der Waals surface area contributed by atoms with Crippen LogP contribution in [0.1, 0.15) is 21.8 Å². The maximum Gasteiger partial charge on any atom is 0.355 e. The first-order valence-electron chi connectivity index (χ1n) is 10.4. The molecule has 11 heteroatoms. The third-order valence-corrected chi connectivity index (χ3v) is 5.53. The summed E-state index contributed by atoms with van der Waals surface area (Å²) in [6, 6.07) is 12.5. The second-order valence-corrected chi connectivity index (χ2v) is 7.30. The van der Waals surface area contributed by atoms with Crippen LogP contribution < -0.4 is 15.4 Å². The van der Waals surface area contributed by atoms with Gasteiger partial charge in [-0.1, -0.05) is 30.3 Å². The molecule has 1 heterocycles. The lowest BCUT2D eigenvalue weighted by Crippen LogP contribution is -2.41. The fourth-order valence-corrected chi connectivity index (χ4v) is 3.99. The van der Waals surface area contributed by atoms with Crippen LogP contribution in [-0.2, 0) is 23.8 Å². The van der Waals surface area contributed by atoms with Gasteiger partial charge in [-0.2, -0.15) is 5.26 Å². The lowest BCUT2D eigenvalue weighted by atomic mass is 9.81. The van der Waals surface area contributed by atoms with Gasteiger partial charge in [-0.3, -0.25) is 4.90 Å². The van der Waals surface area contributed by atoms with E-state index in [9.17, 15) is 24.0 Å². The summed E-state index contributed by atoms with van der Waals surface area (Å²) >= 11 is 0. The first-order valence-corrected chi connectivity index (χ1v) is 10.4. The summed E-state index contributed by atoms with van der Waals surface area (Å²) in [5.74, 6) is -5.72. The van der Waals surface area contributed by atoms with Gasteiger partial charge in [-0.05, 0) is 17.7 Å². The average Bonchev–Trinajstić information content (AvgIpc) is 2.91. The van der Waals surface area contributed by atoms with E-state index in [0.717, 1.165) is 39.4 Å². The molecule has 1 unspecified atom stereocenters. The molecule has 10 nitrogen and oxygen atoms in total. The van der Waals surface area contributed by atoms with Gasteiger partial charge >= 0.3 is 17.9 Å². The zero-order chi connectivity index (χ0) is 26.6. The lowest BCUT2D eigenvalue weighted by molar-refractivity contribution is -0.139. The van der Waals surface area contributed by atoms with Crippen molar-refractivity contribution >= 4 is 23.6 Å². The minimum absolute atomic E-state index is 0.111. The fourth-order valence-electron chi connectivity index (χ4n) is 3.99. The zero-order valence-corrected chi connectivity index (χ0v) is 19.8. The first kappa shape index (κ1) is 25.8. The molecule has 3 rings (SSSR count). The smallest absolute Gasteiger partial charge is 0.355 e. The number of carbonyl (C=O) groups is 3. The van der Waals surface area contributed by atoms with E-state index in [2.05, 4.69) is 4.74 Å². The van der Waals surface area contributed by atoms with E-state index in [-0.39, 0.29) is 28.4 Å². The van der Waals surface area contributed by atoms with Gasteiger partial charge in [-0.15, -0.1) is 0 Å². The number of allylic oxidation sites excluding steroid dienone is 1. The van der Waals surface area contributed by atoms with Crippen LogP contribution in [0, 0.1) is 17.1 Å². The first-order chi connectivity index (χ1) is 17.3. The Hall–Kier alpha value is -4.85. The van der Waals surface area contributed by atoms with Crippen LogP contribution in [0.25, 0.3) is 0 Å². The number of halogens is 1. The normalized spacial score (nSPS) is 15.2. The summed E-state index contributed by atoms with van der Waals surface area (Å²) in [5, 5.41) is 10.1. The van der Waals surface area contributed by atoms with Crippen LogP contribution in [0.15, 0.2) is 65.1 Å². The van der Waals surface area contributed by atoms with Crippen molar-refractivity contribution in [3.8, 4) is 11.8 Å². The SMILES string of the molecule is COC(=O)C1=C(C(=O)OC)N(c2ccc(F)c(C(=O)OC)c2OC)C(N)=C(C#N)C1c1ccccc1. The second-order valence-electron chi connectivity index (χ2n) is 7.30. The number of hydrogen-bond donors (Lipinski definition) is 1. The quantitative estimate of drug-likeness (QED) is 0.469. The van der Waals surface area contributed by atoms with Crippen LogP contribution in [-0.4, -0.2) is 46.3 Å². The molecule has 0 fully saturated rings. The maximum absolute atomic E-state index is 14.7. The van der Waals surface area contributed by atoms with Gasteiger partial charge in [0.25, 0.3) is 0 Å². The number of nitrogens with two attached hydrogens (primary N) is 1. The van der Waals surface area contributed by atoms with Gasteiger partial charge in [0.15, 0.2) is 5.75 Å². The predicted octanol–water partition coefficient (Wildman–Crippen LogP) is 2.52. The Labute approximate surface area is 205 Å². The van der Waals surface area contributed by atoms with E-state index in [1.54, 1.807) is 30.3 Å². The van der Waals surface area contributed by atoms with Gasteiger partial charge in [0, 0.05) is 0 Å². The number of esters is 3. The number of carbonyl (C=O) groups excluding carboxylic acids is 3. The van der Waals surface area contributed by atoms with Crippen molar-refractivity contribution in [3.63, 3.8) is 0 Å². The molecule has 0 aromatic heterocycles. The molecule has 186 valence electrons. The maximum atomic E-state index is 14.7. The van der Waals surface area contributed by atoms with Crippen molar-refractivity contribution < 1.29 is 37.7 Å². The van der Waals surface area contributed by atoms with E-state index >= 15 is 0 Å². The highest BCUT2D eigenvalue weighted by Crippen LogP contribution is 2.46. The molecule has 0 saturated heterocycles. The van der Waals surface area contributed by atoms with Crippen LogP contribution in [0.4, 0.5) is 10.1 Å². The van der Waals surface area contributed by atoms with Gasteiger partial charge in [0.05, 0.1) is 57.3 Å². The molecular formula is C25H22FN3O7. The molecule has 0 saturated carbocycles. The molecule has 0 spiro atoms. The summed E-state index contributed by atoms with van der Waals surface area (Å²) in [7, 11) is 4.41. The topological polar surface area (TPSA) is 141 Å². The molecule has 1 aliphatic rings. The zero-order valence-electron chi connectivity index (χ0n) is 19.8. The van der Waals surface area contributed by atoms with Crippen LogP contribution in [0.5, 0.6) is 5.75 Å². The number of methoxy groups -OCH3 is 4. The molecule has 2 aromatic carbocycles. The Morgan fingerprint density at radius 2 is 1.56 bits per heavy atom. The molecule has 0 radical (unpaired) electrons. The Morgan fingerprint density at radius 1 is 0.944 bits per heavy atom. The fraction of sp³-hybridized carbons (Fsp3) is 0.200. The van der Waals surface area contributed by atoms with Crippen molar-refractivity contribution in [1.29, 1.82) is 5.26 Å². The van der Waals surface area contributed by atoms with E-state index < -0.39 is 40.9 Å². The standard InChI is InChI=1S/C25H22FN3O7/c1-33-21-16(11-10-15(26)18(21)23(30)34-2)29-20(25(32)36-4)19(24(31)35-3)17(14(12-27)22(29)28)13-8-6-5-7-9-13/h5-11,17H,28H2,1-4H3. The molecule has 36 heavy (non-hydrogen) atoms. The van der Waals surface area contributed by atoms with Gasteiger partial charge in [0.2, 0.25) is 0 Å². The molecular weight excluding hydrogens is 473 g/mol. The number of benzene rings is 2. The van der Waals surface area contributed by atoms with Crippen molar-refractivity contribution in [2.75, 3.05) is 33.3 Å². The van der Waals surface area contributed by atoms with Gasteiger partial charge in [-0.25, -0.2) is 18.8 Å². The van der Waals surface area contributed by atoms with Gasteiger partial charge in [0.1, 0.15) is 22.9 Å². The van der Waals surface area contributed by atoms with E-state index in [4.69, 9.17) is 19.9 Å². The molecule has 2 N–H and O–H groups in total. The molecule has 1 atom stereocenters. The van der Waals surface area contributed by atoms with Crippen molar-refractivity contribution in [2.45, 2.75) is 5.92 Å².